The smallest absolute Gasteiger partial charge is 0.338 e. The molecule has 0 radical (unpaired) electrons. The number of nitrogens with zero attached hydrogens (tertiary/aromatic N) is 2. The fourth-order valence-corrected chi connectivity index (χ4v) is 4.98. The first kappa shape index (κ1) is 38.6. The summed E-state index contributed by atoms with van der Waals surface area (Å²) in [5.41, 5.74) is 5.91. The van der Waals surface area contributed by atoms with Gasteiger partial charge in [-0.05, 0) is 96.3 Å². The highest BCUT2D eigenvalue weighted by Gasteiger charge is 2.22. The molecule has 232 valence electrons. The number of para-hydroxylation sites is 1. The lowest BCUT2D eigenvalue weighted by Crippen LogP contribution is -2.06. The first-order chi connectivity index (χ1) is 20.1. The van der Waals surface area contributed by atoms with Gasteiger partial charge in [-0.3, -0.25) is 20.2 Å². The number of nitrogen functional groups attached to an aromatic ring is 1. The summed E-state index contributed by atoms with van der Waals surface area (Å²) in [5, 5.41) is 42.1. The first-order valence-electron chi connectivity index (χ1n) is 11.2. The highest BCUT2D eigenvalue weighted by molar-refractivity contribution is 9.11. The maximum atomic E-state index is 11.3. The average molecular weight is 929 g/mol. The maximum absolute atomic E-state index is 11.3. The van der Waals surface area contributed by atoms with Crippen LogP contribution < -0.4 is 11.1 Å². The summed E-state index contributed by atoms with van der Waals surface area (Å²) in [6.07, 6.45) is 0. The van der Waals surface area contributed by atoms with Crippen LogP contribution in [0, 0.1) is 20.2 Å². The molecule has 5 N–H and O–H groups in total. The Bertz CT molecular complexity index is 1640. The zero-order valence-corrected chi connectivity index (χ0v) is 29.1. The topological polar surface area (TPSA) is 199 Å². The predicted molar refractivity (Wildman–Crippen MR) is 186 cm³/mol. The van der Waals surface area contributed by atoms with Crippen molar-refractivity contribution in [3.05, 3.63) is 127 Å². The Morgan fingerprint density at radius 2 is 1.18 bits per heavy atom. The number of hydrogen-bond acceptors (Lipinski definition) is 8. The zero-order chi connectivity index (χ0) is 32.4. The van der Waals surface area contributed by atoms with Crippen molar-refractivity contribution in [3.8, 4) is 0 Å². The number of carboxylic acid groups (broad SMARTS) is 2. The van der Waals surface area contributed by atoms with Crippen molar-refractivity contribution in [2.75, 3.05) is 11.1 Å². The van der Waals surface area contributed by atoms with E-state index in [0.29, 0.717) is 10.2 Å². The van der Waals surface area contributed by atoms with Crippen molar-refractivity contribution in [1.82, 2.24) is 0 Å². The average Bonchev–Trinajstić information content (AvgIpc) is 2.93. The Morgan fingerprint density at radius 1 is 0.705 bits per heavy atom. The van der Waals surface area contributed by atoms with Crippen molar-refractivity contribution >= 4 is 120 Å². The number of nitro benzene ring substituents is 2. The van der Waals surface area contributed by atoms with Crippen LogP contribution in [0.25, 0.3) is 0 Å². The molecule has 0 saturated carbocycles. The molecule has 0 aromatic heterocycles. The van der Waals surface area contributed by atoms with Gasteiger partial charge in [0.05, 0.1) is 26.7 Å². The minimum absolute atomic E-state index is 0. The fraction of sp³-hybridized carbons (Fsp3) is 0.0370. The van der Waals surface area contributed by atoms with Gasteiger partial charge in [0.2, 0.25) is 0 Å². The Balaban J connectivity index is 0.000000359. The fourth-order valence-electron chi connectivity index (χ4n) is 3.07. The number of nitrogens with one attached hydrogen (secondary N) is 1. The van der Waals surface area contributed by atoms with E-state index in [2.05, 4.69) is 85.0 Å². The molecule has 0 fully saturated rings. The molecule has 0 atom stereocenters. The van der Waals surface area contributed by atoms with E-state index < -0.39 is 21.8 Å². The minimum atomic E-state index is -1.24. The van der Waals surface area contributed by atoms with E-state index in [1.165, 1.54) is 36.4 Å². The monoisotopic (exact) mass is 924 g/mol. The maximum Gasteiger partial charge on any atom is 0.338 e. The van der Waals surface area contributed by atoms with Gasteiger partial charge in [0.15, 0.2) is 0 Å². The standard InChI is InChI=1S/C13H8Br2N2O4.C7H4BrNO4.C6H5Br2N.CH4/c14-7-4-5-9(15)10(6-7)16-12-8(13(18)19)2-1-3-11(12)17(20)21;8-6-4(7(10)11)2-1-3-5(6)9(12)13;7-4-1-2-5(8)6(9)3-4;/h1-6,16H,(H,18,19);1-3H,(H,10,11);1-3H,9H2;1H4. The van der Waals surface area contributed by atoms with Crippen LogP contribution in [0.4, 0.5) is 28.4 Å². The second-order valence-electron chi connectivity index (χ2n) is 7.88. The summed E-state index contributed by atoms with van der Waals surface area (Å²) >= 11 is 16.0. The third-order valence-electron chi connectivity index (χ3n) is 5.02. The molecule has 0 amide bonds. The van der Waals surface area contributed by atoms with Gasteiger partial charge in [-0.1, -0.05) is 51.4 Å². The lowest BCUT2D eigenvalue weighted by Gasteiger charge is -2.12. The third-order valence-corrected chi connectivity index (χ3v) is 8.25. The molecule has 4 aromatic carbocycles. The van der Waals surface area contributed by atoms with Crippen molar-refractivity contribution in [2.45, 2.75) is 7.43 Å². The van der Waals surface area contributed by atoms with Crippen molar-refractivity contribution in [2.24, 2.45) is 0 Å². The van der Waals surface area contributed by atoms with E-state index in [1.807, 2.05) is 18.2 Å². The van der Waals surface area contributed by atoms with Gasteiger partial charge in [-0.2, -0.15) is 0 Å². The number of halogens is 5. The molecule has 4 rings (SSSR count). The summed E-state index contributed by atoms with van der Waals surface area (Å²) in [6.45, 7) is 0. The van der Waals surface area contributed by atoms with E-state index in [9.17, 15) is 34.9 Å². The van der Waals surface area contributed by atoms with Crippen LogP contribution in [-0.4, -0.2) is 32.0 Å². The summed E-state index contributed by atoms with van der Waals surface area (Å²) in [5.74, 6) is -2.44. The van der Waals surface area contributed by atoms with Gasteiger partial charge < -0.3 is 21.3 Å². The van der Waals surface area contributed by atoms with Crippen molar-refractivity contribution in [1.29, 1.82) is 0 Å². The van der Waals surface area contributed by atoms with E-state index in [1.54, 1.807) is 18.2 Å². The number of nitro groups is 2. The van der Waals surface area contributed by atoms with Crippen LogP contribution in [0.1, 0.15) is 28.1 Å². The minimum Gasteiger partial charge on any atom is -0.478 e. The predicted octanol–water partition coefficient (Wildman–Crippen LogP) is 10.0. The van der Waals surface area contributed by atoms with Gasteiger partial charge in [-0.15, -0.1) is 0 Å². The normalized spacial score (nSPS) is 9.66. The van der Waals surface area contributed by atoms with Gasteiger partial charge >= 0.3 is 11.9 Å². The molecule has 0 spiro atoms. The Morgan fingerprint density at radius 3 is 1.66 bits per heavy atom. The highest BCUT2D eigenvalue weighted by atomic mass is 79.9. The first-order valence-corrected chi connectivity index (χ1v) is 15.2. The Kier molecular flexibility index (Phi) is 15.6. The summed E-state index contributed by atoms with van der Waals surface area (Å²) in [4.78, 5) is 42.0. The molecule has 0 aliphatic carbocycles. The van der Waals surface area contributed by atoms with E-state index in [0.717, 1.165) is 19.1 Å². The van der Waals surface area contributed by atoms with Crippen LogP contribution in [0.3, 0.4) is 0 Å². The molecule has 0 aliphatic heterocycles. The zero-order valence-electron chi connectivity index (χ0n) is 21.1. The Labute approximate surface area is 292 Å². The van der Waals surface area contributed by atoms with Gasteiger partial charge in [0.1, 0.15) is 10.2 Å². The quantitative estimate of drug-likeness (QED) is 0.0820. The molecular weight excluding hydrogens is 908 g/mol. The van der Waals surface area contributed by atoms with E-state index in [4.69, 9.17) is 10.8 Å². The van der Waals surface area contributed by atoms with Crippen molar-refractivity contribution < 1.29 is 29.6 Å². The summed E-state index contributed by atoms with van der Waals surface area (Å²) in [6, 6.07) is 18.6. The van der Waals surface area contributed by atoms with Crippen molar-refractivity contribution in [3.63, 3.8) is 0 Å². The van der Waals surface area contributed by atoms with Crippen LogP contribution >= 0.6 is 79.6 Å². The number of anilines is 3. The van der Waals surface area contributed by atoms with Gasteiger partial charge in [0, 0.05) is 35.7 Å². The molecular formula is C27H21Br5N4O8. The Hall–Kier alpha value is -3.38. The second kappa shape index (κ2) is 17.8. The molecule has 12 nitrogen and oxygen atoms in total. The lowest BCUT2D eigenvalue weighted by atomic mass is 10.1. The molecule has 0 heterocycles. The van der Waals surface area contributed by atoms with E-state index in [-0.39, 0.29) is 40.1 Å². The van der Waals surface area contributed by atoms with Crippen LogP contribution in [0.15, 0.2) is 95.2 Å². The SMILES string of the molecule is C.Nc1cc(Br)ccc1Br.O=C(O)c1cccc([N+](=O)[O-])c1Br.O=C(O)c1cccc([N+](=O)[O-])c1Nc1cc(Br)ccc1Br. The molecule has 17 heteroatoms. The second-order valence-corrected chi connectivity index (χ2v) is 12.2. The summed E-state index contributed by atoms with van der Waals surface area (Å²) < 4.78 is 3.34. The number of aromatic carboxylic acids is 2. The number of rotatable bonds is 6. The molecule has 0 unspecified atom stereocenters. The largest absolute Gasteiger partial charge is 0.478 e. The number of carbonyl (C=O) groups is 2. The van der Waals surface area contributed by atoms with Gasteiger partial charge in [-0.25, -0.2) is 9.59 Å². The molecule has 0 aliphatic rings. The van der Waals surface area contributed by atoms with Crippen LogP contribution in [0.5, 0.6) is 0 Å². The number of benzene rings is 4. The molecule has 44 heavy (non-hydrogen) atoms. The summed E-state index contributed by atoms with van der Waals surface area (Å²) in [7, 11) is 0. The van der Waals surface area contributed by atoms with E-state index >= 15 is 0 Å². The number of hydrogen-bond donors (Lipinski definition) is 4. The highest BCUT2D eigenvalue weighted by Crippen LogP contribution is 2.35. The molecule has 0 saturated heterocycles. The third kappa shape index (κ3) is 11.0. The van der Waals surface area contributed by atoms with Crippen LogP contribution in [-0.2, 0) is 0 Å². The van der Waals surface area contributed by atoms with Crippen LogP contribution in [0.2, 0.25) is 0 Å². The lowest BCUT2D eigenvalue weighted by molar-refractivity contribution is -0.385. The molecule has 0 bridgehead atoms. The number of nitrogens with two attached hydrogens (primary N) is 1. The molecule has 4 aromatic rings. The van der Waals surface area contributed by atoms with Gasteiger partial charge in [0.25, 0.3) is 11.4 Å². The number of carboxylic acids is 2.